The van der Waals surface area contributed by atoms with Gasteiger partial charge in [-0.25, -0.2) is 8.78 Å². The van der Waals surface area contributed by atoms with Gasteiger partial charge >= 0.3 is 0 Å². The highest BCUT2D eigenvalue weighted by Crippen LogP contribution is 2.46. The number of nitrogens with one attached hydrogen (secondary N) is 3. The van der Waals surface area contributed by atoms with E-state index in [2.05, 4.69) is 40.2 Å². The molecular formula is C28H27F2N3O2. The molecule has 1 fully saturated rings. The van der Waals surface area contributed by atoms with Gasteiger partial charge in [-0.05, 0) is 54.3 Å². The van der Waals surface area contributed by atoms with Gasteiger partial charge < -0.3 is 16.0 Å². The molecule has 0 unspecified atom stereocenters. The molecule has 1 aliphatic carbocycles. The van der Waals surface area contributed by atoms with Crippen LogP contribution in [0, 0.1) is 11.6 Å². The predicted molar refractivity (Wildman–Crippen MR) is 130 cm³/mol. The van der Waals surface area contributed by atoms with Crippen molar-refractivity contribution in [2.24, 2.45) is 0 Å². The molecule has 2 amide bonds. The zero-order valence-corrected chi connectivity index (χ0v) is 19.2. The quantitative estimate of drug-likeness (QED) is 0.504. The van der Waals surface area contributed by atoms with E-state index in [9.17, 15) is 18.4 Å². The lowest BCUT2D eigenvalue weighted by Crippen LogP contribution is -2.62. The molecule has 0 radical (unpaired) electrons. The number of carbonyl (C=O) groups excluding carboxylic acids is 2. The van der Waals surface area contributed by atoms with Crippen molar-refractivity contribution in [1.29, 1.82) is 0 Å². The average Bonchev–Trinajstić information content (AvgIpc) is 3.17. The number of hydrogen-bond donors (Lipinski definition) is 3. The topological polar surface area (TPSA) is 70.2 Å². The molecule has 5 rings (SSSR count). The molecule has 35 heavy (non-hydrogen) atoms. The number of fused-ring (bicyclic) bond motifs is 3. The standard InChI is InChI=1S/C28H27F2N3O2/c29-19-10-9-18(25(30)15-19)17-32-27(35)28(11-13-31-14-12-28)33-26(34)16-24-22-7-3-1-5-20(22)21-6-2-4-8-23(21)24/h1-10,15,24,31H,11-14,16-17H2,(H,32,35)(H,33,34). The van der Waals surface area contributed by atoms with Crippen molar-refractivity contribution in [3.8, 4) is 11.1 Å². The van der Waals surface area contributed by atoms with Gasteiger partial charge in [0, 0.05) is 30.5 Å². The van der Waals surface area contributed by atoms with Crippen molar-refractivity contribution in [3.05, 3.63) is 95.1 Å². The average molecular weight is 476 g/mol. The molecule has 1 saturated heterocycles. The second-order valence-corrected chi connectivity index (χ2v) is 9.23. The van der Waals surface area contributed by atoms with Crippen molar-refractivity contribution >= 4 is 11.8 Å². The second kappa shape index (κ2) is 9.58. The zero-order chi connectivity index (χ0) is 24.4. The van der Waals surface area contributed by atoms with E-state index in [-0.39, 0.29) is 36.3 Å². The van der Waals surface area contributed by atoms with Crippen LogP contribution in [0.3, 0.4) is 0 Å². The molecule has 3 N–H and O–H groups in total. The van der Waals surface area contributed by atoms with E-state index in [1.165, 1.54) is 6.07 Å². The van der Waals surface area contributed by atoms with Gasteiger partial charge in [-0.2, -0.15) is 0 Å². The molecule has 2 aliphatic rings. The monoisotopic (exact) mass is 475 g/mol. The molecule has 3 aromatic rings. The summed E-state index contributed by atoms with van der Waals surface area (Å²) < 4.78 is 27.3. The van der Waals surface area contributed by atoms with Gasteiger partial charge in [0.2, 0.25) is 11.8 Å². The minimum atomic E-state index is -1.09. The second-order valence-electron chi connectivity index (χ2n) is 9.23. The molecular weight excluding hydrogens is 448 g/mol. The van der Waals surface area contributed by atoms with Crippen LogP contribution in [0.5, 0.6) is 0 Å². The summed E-state index contributed by atoms with van der Waals surface area (Å²) >= 11 is 0. The van der Waals surface area contributed by atoms with E-state index >= 15 is 0 Å². The smallest absolute Gasteiger partial charge is 0.246 e. The van der Waals surface area contributed by atoms with Crippen molar-refractivity contribution in [2.45, 2.75) is 37.3 Å². The Morgan fingerprint density at radius 1 is 0.914 bits per heavy atom. The largest absolute Gasteiger partial charge is 0.350 e. The molecule has 0 spiro atoms. The van der Waals surface area contributed by atoms with Gasteiger partial charge in [0.05, 0.1) is 0 Å². The van der Waals surface area contributed by atoms with Crippen LogP contribution in [0.1, 0.15) is 41.9 Å². The number of rotatable bonds is 6. The summed E-state index contributed by atoms with van der Waals surface area (Å²) in [5, 5.41) is 9.02. The molecule has 1 aliphatic heterocycles. The summed E-state index contributed by atoms with van der Waals surface area (Å²) in [4.78, 5) is 26.6. The Labute approximate surface area is 202 Å². The molecule has 180 valence electrons. The van der Waals surface area contributed by atoms with E-state index in [0.29, 0.717) is 25.9 Å². The van der Waals surface area contributed by atoms with Gasteiger partial charge in [0.1, 0.15) is 17.2 Å². The Morgan fingerprint density at radius 2 is 1.54 bits per heavy atom. The van der Waals surface area contributed by atoms with Crippen LogP contribution < -0.4 is 16.0 Å². The lowest BCUT2D eigenvalue weighted by molar-refractivity contribution is -0.135. The zero-order valence-electron chi connectivity index (χ0n) is 19.2. The summed E-state index contributed by atoms with van der Waals surface area (Å²) in [5.41, 5.74) is 3.59. The summed E-state index contributed by atoms with van der Waals surface area (Å²) in [6, 6.07) is 19.5. The Hall–Kier alpha value is -3.58. The fourth-order valence-corrected chi connectivity index (χ4v) is 5.26. The van der Waals surface area contributed by atoms with Gasteiger partial charge in [0.15, 0.2) is 0 Å². The number of hydrogen-bond acceptors (Lipinski definition) is 3. The molecule has 0 bridgehead atoms. The fourth-order valence-electron chi connectivity index (χ4n) is 5.26. The van der Waals surface area contributed by atoms with E-state index in [1.54, 1.807) is 0 Å². The summed E-state index contributed by atoms with van der Waals surface area (Å²) in [5.74, 6) is -2.03. The van der Waals surface area contributed by atoms with Crippen molar-refractivity contribution < 1.29 is 18.4 Å². The van der Waals surface area contributed by atoms with Crippen molar-refractivity contribution in [3.63, 3.8) is 0 Å². The normalized spacial score (nSPS) is 16.3. The number of amides is 2. The first-order valence-electron chi connectivity index (χ1n) is 11.9. The maximum absolute atomic E-state index is 14.0. The fraction of sp³-hybridized carbons (Fsp3) is 0.286. The Morgan fingerprint density at radius 3 is 2.17 bits per heavy atom. The van der Waals surface area contributed by atoms with Crippen LogP contribution in [-0.4, -0.2) is 30.4 Å². The van der Waals surface area contributed by atoms with Crippen LogP contribution in [0.15, 0.2) is 66.7 Å². The molecule has 5 nitrogen and oxygen atoms in total. The SMILES string of the molecule is O=C(CC1c2ccccc2-c2ccccc21)NC1(C(=O)NCc2ccc(F)cc2F)CCNCC1. The predicted octanol–water partition coefficient (Wildman–Crippen LogP) is 4.02. The van der Waals surface area contributed by atoms with Gasteiger partial charge in [-0.1, -0.05) is 54.6 Å². The lowest BCUT2D eigenvalue weighted by Gasteiger charge is -2.37. The van der Waals surface area contributed by atoms with Gasteiger partial charge in [-0.3, -0.25) is 9.59 Å². The van der Waals surface area contributed by atoms with E-state index < -0.39 is 17.2 Å². The minimum absolute atomic E-state index is 0.0840. The summed E-state index contributed by atoms with van der Waals surface area (Å²) in [7, 11) is 0. The van der Waals surface area contributed by atoms with Crippen LogP contribution in [0.4, 0.5) is 8.78 Å². The molecule has 1 heterocycles. The number of piperidine rings is 1. The maximum Gasteiger partial charge on any atom is 0.246 e. The van der Waals surface area contributed by atoms with Crippen LogP contribution in [0.25, 0.3) is 11.1 Å². The summed E-state index contributed by atoms with van der Waals surface area (Å²) in [6.45, 7) is 1.07. The third-order valence-corrected chi connectivity index (χ3v) is 7.08. The molecule has 3 aromatic carbocycles. The highest BCUT2D eigenvalue weighted by molar-refractivity contribution is 5.92. The first kappa shape index (κ1) is 23.2. The molecule has 0 atom stereocenters. The molecule has 0 aromatic heterocycles. The van der Waals surface area contributed by atoms with Crippen LogP contribution >= 0.6 is 0 Å². The third kappa shape index (κ3) is 4.56. The third-order valence-electron chi connectivity index (χ3n) is 7.08. The molecule has 7 heteroatoms. The number of carbonyl (C=O) groups is 2. The Kier molecular flexibility index (Phi) is 6.34. The summed E-state index contributed by atoms with van der Waals surface area (Å²) in [6.07, 6.45) is 1.08. The van der Waals surface area contributed by atoms with Crippen molar-refractivity contribution in [1.82, 2.24) is 16.0 Å². The first-order chi connectivity index (χ1) is 17.0. The van der Waals surface area contributed by atoms with Crippen molar-refractivity contribution in [2.75, 3.05) is 13.1 Å². The molecule has 0 saturated carbocycles. The first-order valence-corrected chi connectivity index (χ1v) is 11.9. The van der Waals surface area contributed by atoms with Crippen LogP contribution in [-0.2, 0) is 16.1 Å². The van der Waals surface area contributed by atoms with Gasteiger partial charge in [0.25, 0.3) is 0 Å². The highest BCUT2D eigenvalue weighted by atomic mass is 19.1. The van der Waals surface area contributed by atoms with E-state index in [0.717, 1.165) is 34.4 Å². The number of halogens is 2. The highest BCUT2D eigenvalue weighted by Gasteiger charge is 2.41. The van der Waals surface area contributed by atoms with E-state index in [1.807, 2.05) is 24.3 Å². The van der Waals surface area contributed by atoms with Gasteiger partial charge in [-0.15, -0.1) is 0 Å². The van der Waals surface area contributed by atoms with E-state index in [4.69, 9.17) is 0 Å². The Balaban J connectivity index is 1.32. The minimum Gasteiger partial charge on any atom is -0.350 e. The van der Waals surface area contributed by atoms with Crippen LogP contribution in [0.2, 0.25) is 0 Å². The maximum atomic E-state index is 14.0. The lowest BCUT2D eigenvalue weighted by atomic mass is 9.86. The number of benzene rings is 3. The Bertz CT molecular complexity index is 1230.